The summed E-state index contributed by atoms with van der Waals surface area (Å²) in [5, 5.41) is 12.9. The molecule has 86 valence electrons. The van der Waals surface area contributed by atoms with E-state index >= 15 is 0 Å². The largest absolute Gasteiger partial charge is 0.414 e. The third-order valence-corrected chi connectivity index (χ3v) is 2.07. The molecular weight excluding hydrogens is 209 g/mol. The van der Waals surface area contributed by atoms with E-state index in [9.17, 15) is 13.2 Å². The molecule has 0 amide bonds. The Balaban J connectivity index is 2.80. The first-order valence-corrected chi connectivity index (χ1v) is 4.62. The lowest BCUT2D eigenvalue weighted by Gasteiger charge is -2.14. The van der Waals surface area contributed by atoms with E-state index in [1.54, 1.807) is 19.9 Å². The quantitative estimate of drug-likeness (QED) is 0.844. The SMILES string of the molecule is CCn1nc(C)cc1C[C@H](O)C(F)(F)F. The molecule has 0 spiro atoms. The molecule has 0 saturated carbocycles. The zero-order chi connectivity index (χ0) is 11.6. The summed E-state index contributed by atoms with van der Waals surface area (Å²) in [5.41, 5.74) is 1.06. The number of aryl methyl sites for hydroxylation is 2. The Kier molecular flexibility index (Phi) is 3.38. The molecular formula is C9H13F3N2O. The third-order valence-electron chi connectivity index (χ3n) is 2.07. The van der Waals surface area contributed by atoms with Gasteiger partial charge in [0.2, 0.25) is 0 Å². The van der Waals surface area contributed by atoms with Gasteiger partial charge in [0.15, 0.2) is 6.10 Å². The van der Waals surface area contributed by atoms with Gasteiger partial charge in [-0.05, 0) is 19.9 Å². The molecule has 1 rings (SSSR count). The topological polar surface area (TPSA) is 38.0 Å². The molecule has 6 heteroatoms. The number of rotatable bonds is 3. The molecule has 0 saturated heterocycles. The lowest BCUT2D eigenvalue weighted by atomic mass is 10.2. The van der Waals surface area contributed by atoms with Crippen LogP contribution in [0, 0.1) is 6.92 Å². The van der Waals surface area contributed by atoms with Crippen LogP contribution in [0.2, 0.25) is 0 Å². The molecule has 1 atom stereocenters. The van der Waals surface area contributed by atoms with Gasteiger partial charge in [-0.15, -0.1) is 0 Å². The van der Waals surface area contributed by atoms with E-state index in [1.165, 1.54) is 4.68 Å². The summed E-state index contributed by atoms with van der Waals surface area (Å²) < 4.78 is 37.8. The highest BCUT2D eigenvalue weighted by Gasteiger charge is 2.38. The minimum atomic E-state index is -4.57. The average molecular weight is 222 g/mol. The highest BCUT2D eigenvalue weighted by Crippen LogP contribution is 2.23. The summed E-state index contributed by atoms with van der Waals surface area (Å²) in [6.45, 7) is 3.99. The predicted octanol–water partition coefficient (Wildman–Crippen LogP) is 1.68. The van der Waals surface area contributed by atoms with Crippen LogP contribution >= 0.6 is 0 Å². The van der Waals surface area contributed by atoms with Crippen molar-refractivity contribution >= 4 is 0 Å². The van der Waals surface area contributed by atoms with Crippen LogP contribution in [0.4, 0.5) is 13.2 Å². The number of alkyl halides is 3. The number of aromatic nitrogens is 2. The Morgan fingerprint density at radius 3 is 2.60 bits per heavy atom. The van der Waals surface area contributed by atoms with Crippen molar-refractivity contribution in [2.24, 2.45) is 0 Å². The van der Waals surface area contributed by atoms with E-state index in [4.69, 9.17) is 5.11 Å². The summed E-state index contributed by atoms with van der Waals surface area (Å²) in [5.74, 6) is 0. The molecule has 0 aliphatic carbocycles. The van der Waals surface area contributed by atoms with E-state index in [0.29, 0.717) is 17.9 Å². The normalized spacial score (nSPS) is 14.3. The van der Waals surface area contributed by atoms with Crippen LogP contribution in [-0.2, 0) is 13.0 Å². The molecule has 1 aromatic heterocycles. The summed E-state index contributed by atoms with van der Waals surface area (Å²) >= 11 is 0. The lowest BCUT2D eigenvalue weighted by molar-refractivity contribution is -0.203. The lowest BCUT2D eigenvalue weighted by Crippen LogP contribution is -2.31. The van der Waals surface area contributed by atoms with E-state index in [1.807, 2.05) is 0 Å². The van der Waals surface area contributed by atoms with Gasteiger partial charge in [-0.3, -0.25) is 4.68 Å². The van der Waals surface area contributed by atoms with Crippen molar-refractivity contribution in [1.82, 2.24) is 9.78 Å². The Morgan fingerprint density at radius 1 is 1.53 bits per heavy atom. The monoisotopic (exact) mass is 222 g/mol. The molecule has 0 aliphatic heterocycles. The van der Waals surface area contributed by atoms with Crippen molar-refractivity contribution in [2.75, 3.05) is 0 Å². The molecule has 0 fully saturated rings. The summed E-state index contributed by atoms with van der Waals surface area (Å²) in [6.07, 6.45) is -7.34. The molecule has 1 N–H and O–H groups in total. The molecule has 1 heterocycles. The molecule has 0 radical (unpaired) electrons. The van der Waals surface area contributed by atoms with Crippen LogP contribution < -0.4 is 0 Å². The Hall–Kier alpha value is -1.04. The van der Waals surface area contributed by atoms with Crippen LogP contribution in [-0.4, -0.2) is 27.2 Å². The second kappa shape index (κ2) is 4.22. The summed E-state index contributed by atoms with van der Waals surface area (Å²) in [4.78, 5) is 0. The zero-order valence-corrected chi connectivity index (χ0v) is 8.54. The van der Waals surface area contributed by atoms with Gasteiger partial charge in [0.1, 0.15) is 0 Å². The van der Waals surface area contributed by atoms with Gasteiger partial charge in [-0.1, -0.05) is 0 Å². The van der Waals surface area contributed by atoms with Crippen LogP contribution in [0.15, 0.2) is 6.07 Å². The number of aliphatic hydroxyl groups is 1. The van der Waals surface area contributed by atoms with Gasteiger partial charge in [0.25, 0.3) is 0 Å². The zero-order valence-electron chi connectivity index (χ0n) is 8.54. The first-order chi connectivity index (χ1) is 6.84. The van der Waals surface area contributed by atoms with Crippen LogP contribution in [0.5, 0.6) is 0 Å². The molecule has 0 aromatic carbocycles. The van der Waals surface area contributed by atoms with Crippen LogP contribution in [0.1, 0.15) is 18.3 Å². The van der Waals surface area contributed by atoms with Crippen molar-refractivity contribution in [3.63, 3.8) is 0 Å². The maximum Gasteiger partial charge on any atom is 0.414 e. The first kappa shape index (κ1) is 12.0. The van der Waals surface area contributed by atoms with Crippen molar-refractivity contribution in [3.8, 4) is 0 Å². The highest BCUT2D eigenvalue weighted by molar-refractivity contribution is 5.10. The second-order valence-electron chi connectivity index (χ2n) is 3.35. The van der Waals surface area contributed by atoms with Crippen molar-refractivity contribution < 1.29 is 18.3 Å². The Morgan fingerprint density at radius 2 is 2.13 bits per heavy atom. The second-order valence-corrected chi connectivity index (χ2v) is 3.35. The fourth-order valence-electron chi connectivity index (χ4n) is 1.35. The number of hydrogen-bond donors (Lipinski definition) is 1. The van der Waals surface area contributed by atoms with Gasteiger partial charge >= 0.3 is 6.18 Å². The third kappa shape index (κ3) is 2.95. The van der Waals surface area contributed by atoms with E-state index in [-0.39, 0.29) is 0 Å². The molecule has 3 nitrogen and oxygen atoms in total. The minimum Gasteiger partial charge on any atom is -0.383 e. The Labute approximate surface area is 85.5 Å². The van der Waals surface area contributed by atoms with Crippen molar-refractivity contribution in [2.45, 2.75) is 39.1 Å². The number of hydrogen-bond acceptors (Lipinski definition) is 2. The van der Waals surface area contributed by atoms with E-state index in [0.717, 1.165) is 0 Å². The predicted molar refractivity (Wildman–Crippen MR) is 48.4 cm³/mol. The number of halogens is 3. The smallest absolute Gasteiger partial charge is 0.383 e. The maximum absolute atomic E-state index is 12.1. The van der Waals surface area contributed by atoms with E-state index < -0.39 is 18.7 Å². The summed E-state index contributed by atoms with van der Waals surface area (Å²) in [7, 11) is 0. The minimum absolute atomic E-state index is 0.403. The fraction of sp³-hybridized carbons (Fsp3) is 0.667. The maximum atomic E-state index is 12.1. The highest BCUT2D eigenvalue weighted by atomic mass is 19.4. The Bertz CT molecular complexity index is 333. The van der Waals surface area contributed by atoms with Gasteiger partial charge in [-0.25, -0.2) is 0 Å². The van der Waals surface area contributed by atoms with Gasteiger partial charge in [-0.2, -0.15) is 18.3 Å². The summed E-state index contributed by atoms with van der Waals surface area (Å²) in [6, 6.07) is 1.55. The van der Waals surface area contributed by atoms with Crippen molar-refractivity contribution in [3.05, 3.63) is 17.5 Å². The van der Waals surface area contributed by atoms with Crippen LogP contribution in [0.3, 0.4) is 0 Å². The number of nitrogens with zero attached hydrogens (tertiary/aromatic N) is 2. The first-order valence-electron chi connectivity index (χ1n) is 4.62. The number of aliphatic hydroxyl groups excluding tert-OH is 1. The molecule has 0 aliphatic rings. The van der Waals surface area contributed by atoms with Crippen LogP contribution in [0.25, 0.3) is 0 Å². The molecule has 1 aromatic rings. The van der Waals surface area contributed by atoms with Gasteiger partial charge in [0.05, 0.1) is 5.69 Å². The van der Waals surface area contributed by atoms with Gasteiger partial charge < -0.3 is 5.11 Å². The fourth-order valence-corrected chi connectivity index (χ4v) is 1.35. The molecule has 0 bridgehead atoms. The molecule has 0 unspecified atom stereocenters. The average Bonchev–Trinajstić information content (AvgIpc) is 2.44. The molecule has 15 heavy (non-hydrogen) atoms. The van der Waals surface area contributed by atoms with E-state index in [2.05, 4.69) is 5.10 Å². The van der Waals surface area contributed by atoms with Gasteiger partial charge in [0, 0.05) is 18.7 Å². The van der Waals surface area contributed by atoms with Crippen molar-refractivity contribution in [1.29, 1.82) is 0 Å². The standard InChI is InChI=1S/C9H13F3N2O/c1-3-14-7(4-6(2)13-14)5-8(15)9(10,11)12/h4,8,15H,3,5H2,1-2H3/t8-/m0/s1.